The molecule has 4 N–H and O–H groups in total. The maximum atomic E-state index is 12.0. The molecule has 0 aliphatic rings. The fourth-order valence-electron chi connectivity index (χ4n) is 1.47. The molecule has 0 saturated heterocycles. The van der Waals surface area contributed by atoms with E-state index in [-0.39, 0.29) is 16.6 Å². The lowest BCUT2D eigenvalue weighted by molar-refractivity contribution is -0.122. The van der Waals surface area contributed by atoms with Crippen LogP contribution in [-0.4, -0.2) is 34.4 Å². The van der Waals surface area contributed by atoms with Gasteiger partial charge in [-0.15, -0.1) is 0 Å². The topological polar surface area (TPSA) is 97.1 Å². The molecule has 0 fully saturated rings. The lowest BCUT2D eigenvalue weighted by Gasteiger charge is -2.15. The van der Waals surface area contributed by atoms with E-state index in [4.69, 9.17) is 18.0 Å². The molecule has 7 heteroatoms. The highest BCUT2D eigenvalue weighted by Gasteiger charge is 2.17. The number of carbonyl (C=O) groups excluding carboxylic acids is 2. The van der Waals surface area contributed by atoms with E-state index in [1.807, 2.05) is 13.8 Å². The van der Waals surface area contributed by atoms with Crippen molar-refractivity contribution in [3.05, 3.63) is 29.6 Å². The minimum atomic E-state index is -0.631. The van der Waals surface area contributed by atoms with Gasteiger partial charge in [-0.05, 0) is 25.0 Å². The second kappa shape index (κ2) is 7.68. The molecule has 2 amide bonds. The monoisotopic (exact) mass is 308 g/mol. The van der Waals surface area contributed by atoms with Gasteiger partial charge in [0.2, 0.25) is 5.91 Å². The van der Waals surface area contributed by atoms with Gasteiger partial charge in [0, 0.05) is 18.3 Å². The van der Waals surface area contributed by atoms with Gasteiger partial charge >= 0.3 is 0 Å². The highest BCUT2D eigenvalue weighted by Crippen LogP contribution is 2.01. The summed E-state index contributed by atoms with van der Waals surface area (Å²) >= 11 is 4.81. The summed E-state index contributed by atoms with van der Waals surface area (Å²) in [6.07, 6.45) is 1.43. The van der Waals surface area contributed by atoms with E-state index in [9.17, 15) is 9.59 Å². The number of amides is 2. The normalized spacial score (nSPS) is 11.8. The van der Waals surface area contributed by atoms with Crippen LogP contribution in [-0.2, 0) is 4.79 Å². The third-order valence-electron chi connectivity index (χ3n) is 2.71. The standard InChI is InChI=1S/C14H20N4O2S/c1-8(2)6-17-13(19)9(3)18-14(20)11-5-4-10(7-16-11)12(15)21/h4-5,7-9H,6H2,1-3H3,(H2,15,21)(H,17,19)(H,18,20). The summed E-state index contributed by atoms with van der Waals surface area (Å²) in [5.41, 5.74) is 6.25. The van der Waals surface area contributed by atoms with Crippen molar-refractivity contribution in [3.8, 4) is 0 Å². The van der Waals surface area contributed by atoms with Gasteiger partial charge in [-0.3, -0.25) is 14.6 Å². The van der Waals surface area contributed by atoms with Crippen molar-refractivity contribution in [2.24, 2.45) is 11.7 Å². The molecular formula is C14H20N4O2S. The Hall–Kier alpha value is -2.02. The van der Waals surface area contributed by atoms with Gasteiger partial charge in [-0.25, -0.2) is 0 Å². The third kappa shape index (κ3) is 5.47. The van der Waals surface area contributed by atoms with Crippen molar-refractivity contribution in [2.45, 2.75) is 26.8 Å². The van der Waals surface area contributed by atoms with E-state index in [2.05, 4.69) is 15.6 Å². The Bertz CT molecular complexity index is 528. The SMILES string of the molecule is CC(C)CNC(=O)C(C)NC(=O)c1ccc(C(N)=S)cn1. The van der Waals surface area contributed by atoms with Crippen LogP contribution in [0.25, 0.3) is 0 Å². The number of rotatable bonds is 6. The molecular weight excluding hydrogens is 288 g/mol. The summed E-state index contributed by atoms with van der Waals surface area (Å²) in [5, 5.41) is 5.35. The number of nitrogens with one attached hydrogen (secondary N) is 2. The molecule has 1 unspecified atom stereocenters. The molecule has 0 aliphatic carbocycles. The van der Waals surface area contributed by atoms with E-state index in [0.29, 0.717) is 18.0 Å². The minimum Gasteiger partial charge on any atom is -0.389 e. The molecule has 1 heterocycles. The molecule has 0 aromatic carbocycles. The van der Waals surface area contributed by atoms with Crippen molar-refractivity contribution in [1.82, 2.24) is 15.6 Å². The number of hydrogen-bond acceptors (Lipinski definition) is 4. The first-order chi connectivity index (χ1) is 9.81. The maximum Gasteiger partial charge on any atom is 0.270 e. The molecule has 0 bridgehead atoms. The smallest absolute Gasteiger partial charge is 0.270 e. The zero-order chi connectivity index (χ0) is 16.0. The van der Waals surface area contributed by atoms with E-state index < -0.39 is 11.9 Å². The van der Waals surface area contributed by atoms with E-state index >= 15 is 0 Å². The van der Waals surface area contributed by atoms with E-state index in [1.54, 1.807) is 13.0 Å². The Morgan fingerprint density at radius 2 is 2.00 bits per heavy atom. The first-order valence-corrected chi connectivity index (χ1v) is 7.06. The molecule has 0 spiro atoms. The second-order valence-corrected chi connectivity index (χ2v) is 5.57. The second-order valence-electron chi connectivity index (χ2n) is 5.13. The van der Waals surface area contributed by atoms with Crippen molar-refractivity contribution in [1.29, 1.82) is 0 Å². The molecule has 0 radical (unpaired) electrons. The maximum absolute atomic E-state index is 12.0. The third-order valence-corrected chi connectivity index (χ3v) is 2.94. The van der Waals surface area contributed by atoms with Crippen LogP contribution in [0, 0.1) is 5.92 Å². The number of hydrogen-bond donors (Lipinski definition) is 3. The highest BCUT2D eigenvalue weighted by molar-refractivity contribution is 7.80. The summed E-state index contributed by atoms with van der Waals surface area (Å²) in [6, 6.07) is 2.50. The van der Waals surface area contributed by atoms with Crippen LogP contribution in [0.15, 0.2) is 18.3 Å². The fourth-order valence-corrected chi connectivity index (χ4v) is 1.59. The van der Waals surface area contributed by atoms with Crippen molar-refractivity contribution < 1.29 is 9.59 Å². The van der Waals surface area contributed by atoms with Crippen LogP contribution in [0.4, 0.5) is 0 Å². The summed E-state index contributed by atoms with van der Waals surface area (Å²) in [7, 11) is 0. The predicted octanol–water partition coefficient (Wildman–Crippen LogP) is 0.606. The van der Waals surface area contributed by atoms with Crippen LogP contribution < -0.4 is 16.4 Å². The Balaban J connectivity index is 2.59. The van der Waals surface area contributed by atoms with Gasteiger partial charge in [-0.1, -0.05) is 26.1 Å². The van der Waals surface area contributed by atoms with Crippen molar-refractivity contribution in [3.63, 3.8) is 0 Å². The molecule has 6 nitrogen and oxygen atoms in total. The molecule has 1 aromatic rings. The molecule has 21 heavy (non-hydrogen) atoms. The van der Waals surface area contributed by atoms with Crippen molar-refractivity contribution in [2.75, 3.05) is 6.54 Å². The summed E-state index contributed by atoms with van der Waals surface area (Å²) in [6.45, 7) is 6.19. The lowest BCUT2D eigenvalue weighted by atomic mass is 10.2. The summed E-state index contributed by atoms with van der Waals surface area (Å²) < 4.78 is 0. The zero-order valence-electron chi connectivity index (χ0n) is 12.3. The first kappa shape index (κ1) is 17.0. The van der Waals surface area contributed by atoms with Crippen LogP contribution in [0.2, 0.25) is 0 Å². The fraction of sp³-hybridized carbons (Fsp3) is 0.429. The van der Waals surface area contributed by atoms with Crippen LogP contribution in [0.3, 0.4) is 0 Å². The minimum absolute atomic E-state index is 0.207. The average molecular weight is 308 g/mol. The quantitative estimate of drug-likeness (QED) is 0.669. The molecule has 114 valence electrons. The van der Waals surface area contributed by atoms with Gasteiger partial charge < -0.3 is 16.4 Å². The Morgan fingerprint density at radius 3 is 2.48 bits per heavy atom. The molecule has 1 aromatic heterocycles. The van der Waals surface area contributed by atoms with Gasteiger partial charge in [0.05, 0.1) is 0 Å². The van der Waals surface area contributed by atoms with E-state index in [1.165, 1.54) is 12.3 Å². The summed E-state index contributed by atoms with van der Waals surface area (Å²) in [5.74, 6) is -0.292. The lowest BCUT2D eigenvalue weighted by Crippen LogP contribution is -2.45. The Labute approximate surface area is 129 Å². The molecule has 0 saturated carbocycles. The van der Waals surface area contributed by atoms with Crippen LogP contribution in [0.5, 0.6) is 0 Å². The first-order valence-electron chi connectivity index (χ1n) is 6.65. The van der Waals surface area contributed by atoms with Crippen molar-refractivity contribution >= 4 is 29.0 Å². The molecule has 1 atom stereocenters. The van der Waals surface area contributed by atoms with E-state index in [0.717, 1.165) is 0 Å². The number of nitrogens with two attached hydrogens (primary N) is 1. The average Bonchev–Trinajstić information content (AvgIpc) is 2.44. The van der Waals surface area contributed by atoms with Gasteiger partial charge in [0.1, 0.15) is 16.7 Å². The van der Waals surface area contributed by atoms with Gasteiger partial charge in [-0.2, -0.15) is 0 Å². The molecule has 1 rings (SSSR count). The summed E-state index contributed by atoms with van der Waals surface area (Å²) in [4.78, 5) is 27.9. The highest BCUT2D eigenvalue weighted by atomic mass is 32.1. The Morgan fingerprint density at radius 1 is 1.33 bits per heavy atom. The largest absolute Gasteiger partial charge is 0.389 e. The van der Waals surface area contributed by atoms with Gasteiger partial charge in [0.25, 0.3) is 5.91 Å². The van der Waals surface area contributed by atoms with Crippen LogP contribution >= 0.6 is 12.2 Å². The Kier molecular flexibility index (Phi) is 6.23. The number of thiocarbonyl (C=S) groups is 1. The predicted molar refractivity (Wildman–Crippen MR) is 84.9 cm³/mol. The molecule has 0 aliphatic heterocycles. The number of carbonyl (C=O) groups is 2. The number of pyridine rings is 1. The van der Waals surface area contributed by atoms with Crippen LogP contribution in [0.1, 0.15) is 36.8 Å². The van der Waals surface area contributed by atoms with Gasteiger partial charge in [0.15, 0.2) is 0 Å². The zero-order valence-corrected chi connectivity index (χ0v) is 13.2. The number of nitrogens with zero attached hydrogens (tertiary/aromatic N) is 1. The number of aromatic nitrogens is 1.